The van der Waals surface area contributed by atoms with Crippen LogP contribution in [-0.4, -0.2) is 38.6 Å². The van der Waals surface area contributed by atoms with Gasteiger partial charge >= 0.3 is 6.03 Å². The van der Waals surface area contributed by atoms with Gasteiger partial charge in [-0.25, -0.2) is 14.7 Å². The molecule has 3 aliphatic heterocycles. The van der Waals surface area contributed by atoms with Crippen LogP contribution in [0.4, 0.5) is 10.6 Å². The fraction of sp³-hybridized carbons (Fsp3) is 0.567. The van der Waals surface area contributed by atoms with Crippen LogP contribution in [0.25, 0.3) is 11.0 Å². The molecule has 4 heterocycles. The molecule has 200 valence electrons. The number of rotatable bonds is 3. The van der Waals surface area contributed by atoms with E-state index in [-0.39, 0.29) is 17.4 Å². The summed E-state index contributed by atoms with van der Waals surface area (Å²) in [5.74, 6) is 1.97. The molecular formula is C30H36BrN5O2. The number of hydrogen-bond acceptors (Lipinski definition) is 4. The van der Waals surface area contributed by atoms with E-state index in [9.17, 15) is 9.59 Å². The Morgan fingerprint density at radius 1 is 0.868 bits per heavy atom. The molecule has 0 spiro atoms. The van der Waals surface area contributed by atoms with Gasteiger partial charge in [0.1, 0.15) is 0 Å². The number of nitrogens with zero attached hydrogens (tertiary/aromatic N) is 4. The second kappa shape index (κ2) is 9.63. The van der Waals surface area contributed by atoms with Crippen LogP contribution in [0.5, 0.6) is 0 Å². The number of nitrogens with one attached hydrogen (secondary N) is 1. The Morgan fingerprint density at radius 2 is 1.55 bits per heavy atom. The molecule has 2 aromatic rings. The number of anilines is 1. The van der Waals surface area contributed by atoms with E-state index in [2.05, 4.69) is 37.7 Å². The zero-order chi connectivity index (χ0) is 26.0. The summed E-state index contributed by atoms with van der Waals surface area (Å²) in [6.07, 6.45) is 15.7. The first-order valence-electron chi connectivity index (χ1n) is 14.4. The Kier molecular flexibility index (Phi) is 6.23. The Labute approximate surface area is 232 Å². The molecule has 0 radical (unpaired) electrons. The van der Waals surface area contributed by atoms with E-state index < -0.39 is 6.03 Å². The van der Waals surface area contributed by atoms with Crippen LogP contribution < -0.4 is 15.8 Å². The molecule has 4 fully saturated rings. The third-order valence-electron chi connectivity index (χ3n) is 9.91. The van der Waals surface area contributed by atoms with Crippen LogP contribution in [0.15, 0.2) is 52.0 Å². The lowest BCUT2D eigenvalue weighted by atomic mass is 9.68. The van der Waals surface area contributed by atoms with Crippen molar-refractivity contribution in [2.45, 2.75) is 94.8 Å². The molecule has 5 aliphatic rings. The van der Waals surface area contributed by atoms with Gasteiger partial charge in [-0.1, -0.05) is 44.4 Å². The molecule has 1 N–H and O–H groups in total. The van der Waals surface area contributed by atoms with E-state index in [0.717, 1.165) is 35.7 Å². The van der Waals surface area contributed by atoms with Crippen LogP contribution >= 0.6 is 15.9 Å². The lowest BCUT2D eigenvalue weighted by Gasteiger charge is -2.55. The van der Waals surface area contributed by atoms with E-state index >= 15 is 0 Å². The quantitative estimate of drug-likeness (QED) is 0.471. The minimum atomic E-state index is -0.417. The molecule has 38 heavy (non-hydrogen) atoms. The topological polar surface area (TPSA) is 70.5 Å². The number of allylic oxidation sites excluding steroid dienone is 1. The summed E-state index contributed by atoms with van der Waals surface area (Å²) in [6.45, 7) is 3.85. The van der Waals surface area contributed by atoms with Gasteiger partial charge in [-0.15, -0.1) is 0 Å². The molecule has 2 saturated carbocycles. The van der Waals surface area contributed by atoms with Crippen LogP contribution in [-0.2, 0) is 0 Å². The minimum Gasteiger partial charge on any atom is -0.307 e. The fourth-order valence-corrected chi connectivity index (χ4v) is 8.76. The highest BCUT2D eigenvalue weighted by Crippen LogP contribution is 2.47. The number of carbonyl (C=O) groups is 1. The predicted octanol–water partition coefficient (Wildman–Crippen LogP) is 6.20. The second-order valence-electron chi connectivity index (χ2n) is 12.2. The van der Waals surface area contributed by atoms with Crippen molar-refractivity contribution in [2.75, 3.05) is 4.90 Å². The van der Waals surface area contributed by atoms with Crippen LogP contribution in [0.1, 0.15) is 76.7 Å². The summed E-state index contributed by atoms with van der Waals surface area (Å²) in [4.78, 5) is 36.0. The molecule has 8 heteroatoms. The number of piperidine rings is 2. The maximum atomic E-state index is 14.1. The summed E-state index contributed by atoms with van der Waals surface area (Å²) in [6, 6.07) is 9.29. The van der Waals surface area contributed by atoms with Gasteiger partial charge in [0, 0.05) is 30.4 Å². The van der Waals surface area contributed by atoms with Crippen molar-refractivity contribution in [2.24, 2.45) is 11.8 Å². The smallest absolute Gasteiger partial charge is 0.307 e. The second-order valence-corrected chi connectivity index (χ2v) is 13.0. The van der Waals surface area contributed by atoms with Crippen molar-refractivity contribution in [3.63, 3.8) is 0 Å². The summed E-state index contributed by atoms with van der Waals surface area (Å²) >= 11 is 3.45. The molecule has 2 aliphatic carbocycles. The summed E-state index contributed by atoms with van der Waals surface area (Å²) in [5.41, 5.74) is 1.86. The lowest BCUT2D eigenvalue weighted by Crippen LogP contribution is -2.58. The average molecular weight is 579 g/mol. The van der Waals surface area contributed by atoms with Crippen molar-refractivity contribution >= 4 is 38.8 Å². The largest absolute Gasteiger partial charge is 0.331 e. The molecule has 2 amide bonds. The average Bonchev–Trinajstić information content (AvgIpc) is 2.89. The maximum absolute atomic E-state index is 14.1. The molecule has 4 atom stereocenters. The van der Waals surface area contributed by atoms with Gasteiger partial charge in [-0.05, 0) is 84.8 Å². The third kappa shape index (κ3) is 4.15. The number of fused-ring (bicyclic) bond motifs is 5. The molecule has 4 bridgehead atoms. The number of benzene rings is 1. The van der Waals surface area contributed by atoms with Crippen molar-refractivity contribution in [1.82, 2.24) is 19.8 Å². The van der Waals surface area contributed by atoms with Crippen LogP contribution in [0, 0.1) is 11.8 Å². The minimum absolute atomic E-state index is 0.0963. The van der Waals surface area contributed by atoms with Crippen molar-refractivity contribution in [1.29, 1.82) is 0 Å². The van der Waals surface area contributed by atoms with Gasteiger partial charge < -0.3 is 9.88 Å². The van der Waals surface area contributed by atoms with Gasteiger partial charge in [0.05, 0.1) is 21.2 Å². The van der Waals surface area contributed by atoms with Gasteiger partial charge in [-0.2, -0.15) is 0 Å². The van der Waals surface area contributed by atoms with Gasteiger partial charge in [-0.3, -0.25) is 9.69 Å². The third-order valence-corrected chi connectivity index (χ3v) is 10.6. The van der Waals surface area contributed by atoms with Crippen molar-refractivity contribution in [3.8, 4) is 0 Å². The first kappa shape index (κ1) is 24.6. The number of urea groups is 1. The predicted molar refractivity (Wildman–Crippen MR) is 153 cm³/mol. The van der Waals surface area contributed by atoms with Crippen LogP contribution in [0.2, 0.25) is 0 Å². The molecular weight excluding hydrogens is 542 g/mol. The fourth-order valence-electron chi connectivity index (χ4n) is 8.45. The number of amides is 2. The first-order valence-corrected chi connectivity index (χ1v) is 15.2. The van der Waals surface area contributed by atoms with Gasteiger partial charge in [0.25, 0.3) is 5.56 Å². The standard InChI is InChI=1S/C30H36BrN5O2/c1-18-25(31)17-34(30(38)32-18)28-29(37)36(27-11-3-2-10-26(27)33-28)24-15-21-8-5-9-22(16-24)35(21)23-13-19-6-4-7-20(12-19)14-23/h2-3,10-11,17,19-24H,1,4-9,12-16H2,(H,32,38). The number of para-hydroxylation sites is 2. The maximum Gasteiger partial charge on any atom is 0.331 e. The zero-order valence-corrected chi connectivity index (χ0v) is 23.4. The molecule has 1 aromatic carbocycles. The molecule has 7 rings (SSSR count). The van der Waals surface area contributed by atoms with E-state index in [1.807, 2.05) is 28.8 Å². The summed E-state index contributed by atoms with van der Waals surface area (Å²) in [5, 5.41) is 2.73. The van der Waals surface area contributed by atoms with E-state index in [0.29, 0.717) is 28.3 Å². The van der Waals surface area contributed by atoms with E-state index in [1.165, 1.54) is 62.7 Å². The molecule has 2 saturated heterocycles. The van der Waals surface area contributed by atoms with Crippen molar-refractivity contribution in [3.05, 3.63) is 57.6 Å². The van der Waals surface area contributed by atoms with E-state index in [4.69, 9.17) is 0 Å². The Morgan fingerprint density at radius 3 is 2.29 bits per heavy atom. The number of aromatic nitrogens is 2. The summed E-state index contributed by atoms with van der Waals surface area (Å²) in [7, 11) is 0. The highest BCUT2D eigenvalue weighted by atomic mass is 79.9. The first-order chi connectivity index (χ1) is 18.5. The van der Waals surface area contributed by atoms with Crippen LogP contribution in [0.3, 0.4) is 0 Å². The van der Waals surface area contributed by atoms with Gasteiger partial charge in [0.2, 0.25) is 5.82 Å². The zero-order valence-electron chi connectivity index (χ0n) is 21.8. The summed E-state index contributed by atoms with van der Waals surface area (Å²) < 4.78 is 2.59. The number of carbonyl (C=O) groups excluding carboxylic acids is 1. The monoisotopic (exact) mass is 577 g/mol. The molecule has 4 unspecified atom stereocenters. The Bertz CT molecular complexity index is 1360. The highest BCUT2D eigenvalue weighted by molar-refractivity contribution is 9.12. The number of hydrogen-bond donors (Lipinski definition) is 1. The Balaban J connectivity index is 1.26. The lowest BCUT2D eigenvalue weighted by molar-refractivity contribution is -0.0485. The highest BCUT2D eigenvalue weighted by Gasteiger charge is 2.45. The van der Waals surface area contributed by atoms with Gasteiger partial charge in [0.15, 0.2) is 0 Å². The van der Waals surface area contributed by atoms with Crippen molar-refractivity contribution < 1.29 is 4.79 Å². The molecule has 7 nitrogen and oxygen atoms in total. The molecule has 1 aromatic heterocycles. The normalized spacial score (nSPS) is 33.7. The van der Waals surface area contributed by atoms with E-state index in [1.54, 1.807) is 6.20 Å². The number of halogens is 1. The Hall–Kier alpha value is -2.45. The SMILES string of the molecule is C=C1NC(=O)N(c2nc3ccccc3n(C3CC4CCCC(C3)N4C3CC4CCCC(C4)C3)c2=O)C=C1Br.